The number of hydrogen-bond donors (Lipinski definition) is 0. The highest BCUT2D eigenvalue weighted by Crippen LogP contribution is 2.43. The number of carbonyl (C=O) groups excluding carboxylic acids is 1. The molecule has 0 atom stereocenters. The molecule has 2 aromatic rings. The molecule has 2 aliphatic heterocycles. The summed E-state index contributed by atoms with van der Waals surface area (Å²) in [5, 5.41) is 0. The zero-order valence-electron chi connectivity index (χ0n) is 17.6. The quantitative estimate of drug-likeness (QED) is 0.564. The van der Waals surface area contributed by atoms with E-state index in [1.165, 1.54) is 0 Å². The molecule has 0 bridgehead atoms. The van der Waals surface area contributed by atoms with Crippen LogP contribution in [0.1, 0.15) is 44.7 Å². The minimum atomic E-state index is -0.506. The van der Waals surface area contributed by atoms with Gasteiger partial charge in [-0.1, -0.05) is 36.4 Å². The summed E-state index contributed by atoms with van der Waals surface area (Å²) in [5.41, 5.74) is 2.75. The summed E-state index contributed by atoms with van der Waals surface area (Å²) in [4.78, 5) is 17.8. The monoisotopic (exact) mass is 402 g/mol. The van der Waals surface area contributed by atoms with Crippen molar-refractivity contribution in [3.8, 4) is 5.75 Å². The molecule has 1 amide bonds. The molecule has 30 heavy (non-hydrogen) atoms. The van der Waals surface area contributed by atoms with Crippen molar-refractivity contribution in [2.75, 3.05) is 13.1 Å². The van der Waals surface area contributed by atoms with Gasteiger partial charge in [0.15, 0.2) is 5.69 Å². The van der Waals surface area contributed by atoms with Gasteiger partial charge >= 0.3 is 6.09 Å². The van der Waals surface area contributed by atoms with E-state index in [1.807, 2.05) is 69.3 Å². The zero-order chi connectivity index (χ0) is 21.4. The first-order valence-corrected chi connectivity index (χ1v) is 10.3. The summed E-state index contributed by atoms with van der Waals surface area (Å²) in [6.45, 7) is 14.1. The van der Waals surface area contributed by atoms with Crippen molar-refractivity contribution in [3.63, 3.8) is 0 Å². The van der Waals surface area contributed by atoms with Gasteiger partial charge < -0.3 is 14.4 Å². The summed E-state index contributed by atoms with van der Waals surface area (Å²) < 4.78 is 12.0. The van der Waals surface area contributed by atoms with Gasteiger partial charge in [0.2, 0.25) is 0 Å². The number of nitrogens with zero attached hydrogens (tertiary/aromatic N) is 2. The average Bonchev–Trinajstić information content (AvgIpc) is 2.72. The van der Waals surface area contributed by atoms with E-state index in [1.54, 1.807) is 4.90 Å². The Bertz CT molecular complexity index is 1030. The van der Waals surface area contributed by atoms with Gasteiger partial charge in [-0.05, 0) is 50.1 Å². The normalized spacial score (nSPS) is 17.4. The summed E-state index contributed by atoms with van der Waals surface area (Å²) in [6, 6.07) is 15.7. The van der Waals surface area contributed by atoms with Gasteiger partial charge in [0.1, 0.15) is 17.0 Å². The van der Waals surface area contributed by atoms with Crippen LogP contribution in [-0.2, 0) is 4.74 Å². The Balaban J connectivity index is 1.64. The first-order chi connectivity index (χ1) is 14.3. The van der Waals surface area contributed by atoms with Crippen molar-refractivity contribution in [1.82, 2.24) is 4.90 Å². The van der Waals surface area contributed by atoms with E-state index in [0.29, 0.717) is 31.6 Å². The molecule has 5 heteroatoms. The second kappa shape index (κ2) is 7.53. The Morgan fingerprint density at radius 1 is 1.13 bits per heavy atom. The summed E-state index contributed by atoms with van der Waals surface area (Å²) in [6.07, 6.45) is 3.28. The van der Waals surface area contributed by atoms with Crippen LogP contribution in [0.15, 0.2) is 54.6 Å². The summed E-state index contributed by atoms with van der Waals surface area (Å²) in [5.74, 6) is 0.842. The first-order valence-electron chi connectivity index (χ1n) is 10.3. The van der Waals surface area contributed by atoms with Gasteiger partial charge in [-0.3, -0.25) is 0 Å². The van der Waals surface area contributed by atoms with E-state index < -0.39 is 11.2 Å². The molecule has 2 heterocycles. The van der Waals surface area contributed by atoms with Crippen molar-refractivity contribution in [2.24, 2.45) is 0 Å². The van der Waals surface area contributed by atoms with Gasteiger partial charge in [0, 0.05) is 31.5 Å². The fourth-order valence-electron chi connectivity index (χ4n) is 3.99. The van der Waals surface area contributed by atoms with Crippen molar-refractivity contribution in [1.29, 1.82) is 0 Å². The molecule has 0 aromatic heterocycles. The molecular weight excluding hydrogens is 376 g/mol. The molecule has 2 aliphatic rings. The van der Waals surface area contributed by atoms with Gasteiger partial charge in [-0.2, -0.15) is 0 Å². The van der Waals surface area contributed by atoms with Crippen molar-refractivity contribution >= 4 is 17.4 Å². The lowest BCUT2D eigenvalue weighted by Gasteiger charge is -2.43. The number of piperidine rings is 1. The van der Waals surface area contributed by atoms with Crippen LogP contribution in [0, 0.1) is 6.57 Å². The van der Waals surface area contributed by atoms with Crippen LogP contribution >= 0.6 is 0 Å². The van der Waals surface area contributed by atoms with Gasteiger partial charge in [-0.15, -0.1) is 0 Å². The maximum absolute atomic E-state index is 12.5. The summed E-state index contributed by atoms with van der Waals surface area (Å²) in [7, 11) is 0. The second-order valence-electron chi connectivity index (χ2n) is 8.85. The molecule has 1 saturated heterocycles. The molecule has 0 unspecified atom stereocenters. The number of rotatable bonds is 1. The van der Waals surface area contributed by atoms with Gasteiger partial charge in [0.05, 0.1) is 6.57 Å². The topological polar surface area (TPSA) is 43.1 Å². The number of amides is 1. The number of carbonyl (C=O) groups is 1. The van der Waals surface area contributed by atoms with E-state index in [9.17, 15) is 4.79 Å². The Morgan fingerprint density at radius 2 is 1.87 bits per heavy atom. The van der Waals surface area contributed by atoms with Crippen molar-refractivity contribution in [2.45, 2.75) is 44.8 Å². The van der Waals surface area contributed by atoms with Crippen LogP contribution < -0.4 is 4.74 Å². The fraction of sp³-hybridized carbons (Fsp3) is 0.360. The third-order valence-corrected chi connectivity index (χ3v) is 5.45. The lowest BCUT2D eigenvalue weighted by atomic mass is 9.83. The molecule has 0 N–H and O–H groups in total. The Kier molecular flexibility index (Phi) is 5.03. The third kappa shape index (κ3) is 4.04. The minimum Gasteiger partial charge on any atom is -0.482 e. The number of para-hydroxylation sites is 1. The van der Waals surface area contributed by atoms with Crippen LogP contribution in [0.25, 0.3) is 10.4 Å². The molecule has 4 rings (SSSR count). The molecule has 0 saturated carbocycles. The molecular formula is C25H26N2O3. The van der Waals surface area contributed by atoms with Crippen LogP contribution in [0.2, 0.25) is 0 Å². The Labute approximate surface area is 177 Å². The van der Waals surface area contributed by atoms with Crippen LogP contribution in [0.4, 0.5) is 10.5 Å². The smallest absolute Gasteiger partial charge is 0.410 e. The molecule has 0 aliphatic carbocycles. The molecule has 154 valence electrons. The van der Waals surface area contributed by atoms with Crippen molar-refractivity contribution < 1.29 is 14.3 Å². The second-order valence-corrected chi connectivity index (χ2v) is 8.85. The first kappa shape index (κ1) is 20.0. The predicted molar refractivity (Wildman–Crippen MR) is 117 cm³/mol. The van der Waals surface area contributed by atoms with Gasteiger partial charge in [0.25, 0.3) is 0 Å². The molecule has 5 nitrogen and oxygen atoms in total. The fourth-order valence-corrected chi connectivity index (χ4v) is 3.99. The third-order valence-electron chi connectivity index (χ3n) is 5.45. The van der Waals surface area contributed by atoms with Gasteiger partial charge in [-0.25, -0.2) is 9.64 Å². The maximum atomic E-state index is 12.5. The van der Waals surface area contributed by atoms with Crippen molar-refractivity contribution in [3.05, 3.63) is 77.2 Å². The number of fused-ring (bicyclic) bond motifs is 1. The highest BCUT2D eigenvalue weighted by molar-refractivity contribution is 5.86. The van der Waals surface area contributed by atoms with Crippen LogP contribution in [0.5, 0.6) is 5.75 Å². The molecule has 0 radical (unpaired) electrons. The Hall–Kier alpha value is -3.26. The number of ether oxygens (including phenoxy) is 2. The number of hydrogen-bond acceptors (Lipinski definition) is 3. The highest BCUT2D eigenvalue weighted by Gasteiger charge is 2.40. The van der Waals surface area contributed by atoms with E-state index in [0.717, 1.165) is 22.4 Å². The SMILES string of the molecule is [C-]#[N+]c1cccc(C2=CC3(CCN(C(=O)OC(C)(C)C)CC3)Oc3ccccc32)c1. The number of likely N-dealkylation sites (tertiary alicyclic amines) is 1. The highest BCUT2D eigenvalue weighted by atomic mass is 16.6. The molecule has 2 aromatic carbocycles. The van der Waals surface area contributed by atoms with E-state index >= 15 is 0 Å². The largest absolute Gasteiger partial charge is 0.482 e. The standard InChI is InChI=1S/C25H26N2O3/c1-24(2,3)30-23(28)27-14-12-25(13-15-27)17-21(18-8-7-9-19(16-18)26-4)20-10-5-6-11-22(20)29-25/h5-11,16-17H,12-15H2,1-3H3. The van der Waals surface area contributed by atoms with Crippen LogP contribution in [-0.4, -0.2) is 35.3 Å². The molecule has 1 fully saturated rings. The van der Waals surface area contributed by atoms with E-state index in [2.05, 4.69) is 10.9 Å². The Morgan fingerprint density at radius 3 is 2.57 bits per heavy atom. The molecule has 1 spiro atoms. The average molecular weight is 402 g/mol. The maximum Gasteiger partial charge on any atom is 0.410 e. The van der Waals surface area contributed by atoms with Crippen LogP contribution in [0.3, 0.4) is 0 Å². The zero-order valence-corrected chi connectivity index (χ0v) is 17.6. The van der Waals surface area contributed by atoms with E-state index in [4.69, 9.17) is 16.0 Å². The number of benzene rings is 2. The minimum absolute atomic E-state index is 0.275. The predicted octanol–water partition coefficient (Wildman–Crippen LogP) is 5.83. The lowest BCUT2D eigenvalue weighted by Crippen LogP contribution is -2.50. The summed E-state index contributed by atoms with van der Waals surface area (Å²) >= 11 is 0. The lowest BCUT2D eigenvalue weighted by molar-refractivity contribution is -0.00115. The van der Waals surface area contributed by atoms with E-state index in [-0.39, 0.29) is 6.09 Å².